The summed E-state index contributed by atoms with van der Waals surface area (Å²) in [4.78, 5) is 15.1. The zero-order chi connectivity index (χ0) is 13.9. The van der Waals surface area contributed by atoms with Crippen LogP contribution in [0.4, 0.5) is 0 Å². The van der Waals surface area contributed by atoms with Crippen molar-refractivity contribution < 1.29 is 9.53 Å². The van der Waals surface area contributed by atoms with Gasteiger partial charge in [-0.2, -0.15) is 0 Å². The summed E-state index contributed by atoms with van der Waals surface area (Å²) in [5, 5.41) is 1.65. The Morgan fingerprint density at radius 3 is 2.65 bits per heavy atom. The van der Waals surface area contributed by atoms with Crippen molar-refractivity contribution in [2.45, 2.75) is 6.42 Å². The first kappa shape index (κ1) is 12.8. The number of ether oxygens (including phenoxy) is 1. The molecular formula is C16H12ClNO2. The molecule has 3 aromatic rings. The minimum Gasteiger partial charge on any atom is -0.426 e. The van der Waals surface area contributed by atoms with E-state index in [-0.39, 0.29) is 12.4 Å². The molecule has 0 fully saturated rings. The van der Waals surface area contributed by atoms with Gasteiger partial charge in [0.15, 0.2) is 0 Å². The van der Waals surface area contributed by atoms with Gasteiger partial charge in [-0.25, -0.2) is 0 Å². The van der Waals surface area contributed by atoms with E-state index in [1.165, 1.54) is 0 Å². The molecule has 0 aliphatic heterocycles. The van der Waals surface area contributed by atoms with E-state index in [1.807, 2.05) is 30.5 Å². The van der Waals surface area contributed by atoms with Crippen LogP contribution in [-0.2, 0) is 11.2 Å². The smallest absolute Gasteiger partial charge is 0.315 e. The molecule has 4 heteroatoms. The summed E-state index contributed by atoms with van der Waals surface area (Å²) in [6, 6.07) is 14.6. The number of esters is 1. The topological polar surface area (TPSA) is 42.1 Å². The van der Waals surface area contributed by atoms with Crippen LogP contribution in [0, 0.1) is 0 Å². The number of benzene rings is 2. The van der Waals surface area contributed by atoms with Crippen LogP contribution in [0.25, 0.3) is 10.9 Å². The van der Waals surface area contributed by atoms with E-state index in [0.717, 1.165) is 16.5 Å². The average molecular weight is 286 g/mol. The number of para-hydroxylation sites is 1. The van der Waals surface area contributed by atoms with Crippen LogP contribution in [0.1, 0.15) is 5.56 Å². The molecule has 1 aromatic heterocycles. The van der Waals surface area contributed by atoms with E-state index < -0.39 is 0 Å². The van der Waals surface area contributed by atoms with E-state index in [0.29, 0.717) is 10.8 Å². The fourth-order valence-electron chi connectivity index (χ4n) is 2.10. The van der Waals surface area contributed by atoms with Crippen molar-refractivity contribution in [3.8, 4) is 5.75 Å². The Labute approximate surface area is 121 Å². The molecule has 0 aliphatic carbocycles. The lowest BCUT2D eigenvalue weighted by molar-refractivity contribution is -0.133. The zero-order valence-electron chi connectivity index (χ0n) is 10.6. The first-order valence-electron chi connectivity index (χ1n) is 6.23. The Hall–Kier alpha value is -2.26. The van der Waals surface area contributed by atoms with Gasteiger partial charge >= 0.3 is 5.97 Å². The molecule has 0 saturated heterocycles. The highest BCUT2D eigenvalue weighted by Crippen LogP contribution is 2.20. The SMILES string of the molecule is O=C(Cc1c[nH]c2ccccc12)Oc1ccc(Cl)cc1. The molecule has 0 saturated carbocycles. The van der Waals surface area contributed by atoms with E-state index in [9.17, 15) is 4.79 Å². The maximum atomic E-state index is 11.9. The molecule has 20 heavy (non-hydrogen) atoms. The molecule has 0 bridgehead atoms. The third-order valence-corrected chi connectivity index (χ3v) is 3.31. The van der Waals surface area contributed by atoms with E-state index in [2.05, 4.69) is 4.98 Å². The minimum atomic E-state index is -0.294. The van der Waals surface area contributed by atoms with Gasteiger partial charge in [0, 0.05) is 22.1 Å². The first-order valence-corrected chi connectivity index (χ1v) is 6.61. The number of halogens is 1. The highest BCUT2D eigenvalue weighted by molar-refractivity contribution is 6.30. The van der Waals surface area contributed by atoms with E-state index >= 15 is 0 Å². The number of aromatic amines is 1. The molecule has 0 radical (unpaired) electrons. The van der Waals surface area contributed by atoms with Gasteiger partial charge in [-0.1, -0.05) is 29.8 Å². The largest absolute Gasteiger partial charge is 0.426 e. The number of carbonyl (C=O) groups is 1. The normalized spacial score (nSPS) is 10.7. The highest BCUT2D eigenvalue weighted by atomic mass is 35.5. The predicted octanol–water partition coefficient (Wildman–Crippen LogP) is 3.97. The summed E-state index contributed by atoms with van der Waals surface area (Å²) >= 11 is 5.78. The minimum absolute atomic E-state index is 0.229. The van der Waals surface area contributed by atoms with Crippen molar-refractivity contribution in [1.82, 2.24) is 4.98 Å². The maximum absolute atomic E-state index is 11.9. The van der Waals surface area contributed by atoms with Crippen molar-refractivity contribution in [1.29, 1.82) is 0 Å². The van der Waals surface area contributed by atoms with Crippen LogP contribution in [0.3, 0.4) is 0 Å². The standard InChI is InChI=1S/C16H12ClNO2/c17-12-5-7-13(8-6-12)20-16(19)9-11-10-18-15-4-2-1-3-14(11)15/h1-8,10,18H,9H2. The summed E-state index contributed by atoms with van der Waals surface area (Å²) in [5.74, 6) is 0.205. The summed E-state index contributed by atoms with van der Waals surface area (Å²) in [6.07, 6.45) is 2.07. The Morgan fingerprint density at radius 2 is 1.85 bits per heavy atom. The van der Waals surface area contributed by atoms with Gasteiger partial charge in [0.25, 0.3) is 0 Å². The maximum Gasteiger partial charge on any atom is 0.315 e. The molecule has 3 rings (SSSR count). The Morgan fingerprint density at radius 1 is 1.10 bits per heavy atom. The fraction of sp³-hybridized carbons (Fsp3) is 0.0625. The van der Waals surface area contributed by atoms with Gasteiger partial charge in [-0.3, -0.25) is 4.79 Å². The summed E-state index contributed by atoms with van der Waals surface area (Å²) in [6.45, 7) is 0. The van der Waals surface area contributed by atoms with Crippen molar-refractivity contribution in [3.63, 3.8) is 0 Å². The van der Waals surface area contributed by atoms with Gasteiger partial charge < -0.3 is 9.72 Å². The number of H-pyrrole nitrogens is 1. The third-order valence-electron chi connectivity index (χ3n) is 3.06. The second-order valence-electron chi connectivity index (χ2n) is 4.46. The van der Waals surface area contributed by atoms with Crippen LogP contribution in [0.2, 0.25) is 5.02 Å². The molecule has 1 heterocycles. The Kier molecular flexibility index (Phi) is 3.44. The lowest BCUT2D eigenvalue weighted by Gasteiger charge is -2.03. The van der Waals surface area contributed by atoms with Gasteiger partial charge in [0.05, 0.1) is 6.42 Å². The number of carbonyl (C=O) groups excluding carboxylic acids is 1. The van der Waals surface area contributed by atoms with E-state index in [4.69, 9.17) is 16.3 Å². The molecule has 100 valence electrons. The lowest BCUT2D eigenvalue weighted by Crippen LogP contribution is -2.10. The Bertz CT molecular complexity index is 747. The van der Waals surface area contributed by atoms with Crippen molar-refractivity contribution >= 4 is 28.5 Å². The first-order chi connectivity index (χ1) is 9.72. The van der Waals surface area contributed by atoms with Crippen LogP contribution in [0.15, 0.2) is 54.7 Å². The number of aromatic nitrogens is 1. The summed E-state index contributed by atoms with van der Waals surface area (Å²) in [5.41, 5.74) is 1.95. The molecule has 2 aromatic carbocycles. The van der Waals surface area contributed by atoms with E-state index in [1.54, 1.807) is 24.3 Å². The van der Waals surface area contributed by atoms with Crippen LogP contribution < -0.4 is 4.74 Å². The Balaban J connectivity index is 1.74. The number of hydrogen-bond acceptors (Lipinski definition) is 2. The number of fused-ring (bicyclic) bond motifs is 1. The molecule has 0 amide bonds. The molecule has 0 spiro atoms. The molecule has 1 N–H and O–H groups in total. The number of hydrogen-bond donors (Lipinski definition) is 1. The van der Waals surface area contributed by atoms with Crippen LogP contribution in [-0.4, -0.2) is 11.0 Å². The zero-order valence-corrected chi connectivity index (χ0v) is 11.4. The molecule has 0 atom stereocenters. The van der Waals surface area contributed by atoms with Crippen molar-refractivity contribution in [2.24, 2.45) is 0 Å². The van der Waals surface area contributed by atoms with Gasteiger partial charge in [-0.05, 0) is 35.9 Å². The number of rotatable bonds is 3. The highest BCUT2D eigenvalue weighted by Gasteiger charge is 2.10. The average Bonchev–Trinajstić information content (AvgIpc) is 2.85. The number of nitrogens with one attached hydrogen (secondary N) is 1. The lowest BCUT2D eigenvalue weighted by atomic mass is 10.1. The second-order valence-corrected chi connectivity index (χ2v) is 4.90. The van der Waals surface area contributed by atoms with Crippen molar-refractivity contribution in [2.75, 3.05) is 0 Å². The molecule has 3 nitrogen and oxygen atoms in total. The quantitative estimate of drug-likeness (QED) is 0.584. The summed E-state index contributed by atoms with van der Waals surface area (Å²) < 4.78 is 5.28. The molecular weight excluding hydrogens is 274 g/mol. The van der Waals surface area contributed by atoms with Crippen LogP contribution >= 0.6 is 11.6 Å². The van der Waals surface area contributed by atoms with Gasteiger partial charge in [0.1, 0.15) is 5.75 Å². The van der Waals surface area contributed by atoms with Gasteiger partial charge in [-0.15, -0.1) is 0 Å². The van der Waals surface area contributed by atoms with Gasteiger partial charge in [0.2, 0.25) is 0 Å². The van der Waals surface area contributed by atoms with Crippen molar-refractivity contribution in [3.05, 3.63) is 65.3 Å². The monoisotopic (exact) mass is 285 g/mol. The van der Waals surface area contributed by atoms with Crippen LogP contribution in [0.5, 0.6) is 5.75 Å². The molecule has 0 unspecified atom stereocenters. The second kappa shape index (κ2) is 5.39. The predicted molar refractivity (Wildman–Crippen MR) is 79.1 cm³/mol. The third kappa shape index (κ3) is 2.68. The fourth-order valence-corrected chi connectivity index (χ4v) is 2.23. The molecule has 0 aliphatic rings. The summed E-state index contributed by atoms with van der Waals surface area (Å²) in [7, 11) is 0.